The van der Waals surface area contributed by atoms with E-state index in [9.17, 15) is 9.59 Å². The molecule has 0 heterocycles. The van der Waals surface area contributed by atoms with E-state index in [1.54, 1.807) is 67.8 Å². The molecule has 0 radical (unpaired) electrons. The number of esters is 1. The third-order valence-electron chi connectivity index (χ3n) is 4.81. The number of carbonyl (C=O) groups excluding carboxylic acids is 2. The molecule has 0 bridgehead atoms. The van der Waals surface area contributed by atoms with E-state index in [1.807, 2.05) is 0 Å². The van der Waals surface area contributed by atoms with Crippen molar-refractivity contribution in [3.63, 3.8) is 0 Å². The Labute approximate surface area is 192 Å². The van der Waals surface area contributed by atoms with Crippen molar-refractivity contribution in [3.8, 4) is 28.7 Å². The standard InChI is InChI=1S/C26H24O7/c1-29-20-10-7-18(8-11-20)21(27)12-5-17-6-13-23(24(15-17)31-3)33-26(28)19-9-14-22(30-2)25(16-19)32-4/h5-16H,1-4H3/b12-5+. The van der Waals surface area contributed by atoms with Crippen LogP contribution in [0.15, 0.2) is 66.7 Å². The number of methoxy groups -OCH3 is 4. The topological polar surface area (TPSA) is 80.3 Å². The van der Waals surface area contributed by atoms with E-state index >= 15 is 0 Å². The van der Waals surface area contributed by atoms with Gasteiger partial charge in [-0.1, -0.05) is 12.1 Å². The second kappa shape index (κ2) is 10.9. The lowest BCUT2D eigenvalue weighted by molar-refractivity contribution is 0.0729. The van der Waals surface area contributed by atoms with Gasteiger partial charge in [-0.25, -0.2) is 4.79 Å². The van der Waals surface area contributed by atoms with Gasteiger partial charge in [-0.2, -0.15) is 0 Å². The van der Waals surface area contributed by atoms with Gasteiger partial charge in [0.05, 0.1) is 34.0 Å². The molecule has 3 aromatic rings. The fourth-order valence-electron chi connectivity index (χ4n) is 3.02. The van der Waals surface area contributed by atoms with Gasteiger partial charge in [0.25, 0.3) is 0 Å². The molecule has 3 aromatic carbocycles. The van der Waals surface area contributed by atoms with Crippen LogP contribution >= 0.6 is 0 Å². The largest absolute Gasteiger partial charge is 0.497 e. The number of carbonyl (C=O) groups is 2. The highest BCUT2D eigenvalue weighted by Crippen LogP contribution is 2.31. The molecule has 0 saturated heterocycles. The number of ether oxygens (including phenoxy) is 5. The second-order valence-electron chi connectivity index (χ2n) is 6.80. The summed E-state index contributed by atoms with van der Waals surface area (Å²) in [7, 11) is 6.04. The minimum absolute atomic E-state index is 0.152. The molecule has 0 amide bonds. The van der Waals surface area contributed by atoms with Crippen LogP contribution in [0, 0.1) is 0 Å². The van der Waals surface area contributed by atoms with Gasteiger partial charge in [0.1, 0.15) is 5.75 Å². The monoisotopic (exact) mass is 448 g/mol. The van der Waals surface area contributed by atoms with Gasteiger partial charge in [0.2, 0.25) is 0 Å². The van der Waals surface area contributed by atoms with Gasteiger partial charge in [-0.05, 0) is 66.2 Å². The summed E-state index contributed by atoms with van der Waals surface area (Å²) in [4.78, 5) is 25.0. The Bertz CT molecular complexity index is 1160. The number of ketones is 1. The molecule has 0 unspecified atom stereocenters. The molecular formula is C26H24O7. The minimum atomic E-state index is -0.577. The third kappa shape index (κ3) is 5.71. The molecule has 7 heteroatoms. The van der Waals surface area contributed by atoms with E-state index in [4.69, 9.17) is 23.7 Å². The maximum Gasteiger partial charge on any atom is 0.343 e. The predicted molar refractivity (Wildman–Crippen MR) is 124 cm³/mol. The van der Waals surface area contributed by atoms with E-state index < -0.39 is 5.97 Å². The van der Waals surface area contributed by atoms with Gasteiger partial charge in [0, 0.05) is 5.56 Å². The van der Waals surface area contributed by atoms with Crippen LogP contribution in [0.5, 0.6) is 28.7 Å². The molecule has 3 rings (SSSR count). The molecule has 0 saturated carbocycles. The molecular weight excluding hydrogens is 424 g/mol. The van der Waals surface area contributed by atoms with E-state index in [1.165, 1.54) is 33.5 Å². The van der Waals surface area contributed by atoms with Gasteiger partial charge >= 0.3 is 5.97 Å². The SMILES string of the molecule is COc1ccc(C(=O)/C=C/c2ccc(OC(=O)c3ccc(OC)c(OC)c3)c(OC)c2)cc1. The Morgan fingerprint density at radius 3 is 1.88 bits per heavy atom. The molecule has 0 fully saturated rings. The molecule has 0 atom stereocenters. The van der Waals surface area contributed by atoms with Gasteiger partial charge < -0.3 is 23.7 Å². The number of rotatable bonds is 9. The Morgan fingerprint density at radius 1 is 0.636 bits per heavy atom. The molecule has 0 aliphatic rings. The fourth-order valence-corrected chi connectivity index (χ4v) is 3.02. The first-order valence-corrected chi connectivity index (χ1v) is 9.97. The highest BCUT2D eigenvalue weighted by atomic mass is 16.6. The first-order chi connectivity index (χ1) is 16.0. The minimum Gasteiger partial charge on any atom is -0.497 e. The normalized spacial score (nSPS) is 10.5. The number of hydrogen-bond acceptors (Lipinski definition) is 7. The third-order valence-corrected chi connectivity index (χ3v) is 4.81. The van der Waals surface area contributed by atoms with Gasteiger partial charge in [-0.3, -0.25) is 4.79 Å². The quantitative estimate of drug-likeness (QED) is 0.201. The van der Waals surface area contributed by atoms with Crippen molar-refractivity contribution in [1.82, 2.24) is 0 Å². The lowest BCUT2D eigenvalue weighted by Crippen LogP contribution is -2.09. The van der Waals surface area contributed by atoms with Crippen molar-refractivity contribution in [2.75, 3.05) is 28.4 Å². The lowest BCUT2D eigenvalue weighted by Gasteiger charge is -2.12. The van der Waals surface area contributed by atoms with Crippen LogP contribution in [0.4, 0.5) is 0 Å². The van der Waals surface area contributed by atoms with Crippen molar-refractivity contribution >= 4 is 17.8 Å². The summed E-state index contributed by atoms with van der Waals surface area (Å²) in [6.45, 7) is 0. The van der Waals surface area contributed by atoms with E-state index in [-0.39, 0.29) is 11.5 Å². The van der Waals surface area contributed by atoms with Crippen LogP contribution in [0.25, 0.3) is 6.08 Å². The lowest BCUT2D eigenvalue weighted by atomic mass is 10.1. The van der Waals surface area contributed by atoms with Crippen LogP contribution in [0.1, 0.15) is 26.3 Å². The number of hydrogen-bond donors (Lipinski definition) is 0. The maximum absolute atomic E-state index is 12.6. The summed E-state index contributed by atoms with van der Waals surface area (Å²) < 4.78 is 26.4. The summed E-state index contributed by atoms with van der Waals surface area (Å²) in [5.41, 5.74) is 1.54. The first kappa shape index (κ1) is 23.4. The van der Waals surface area contributed by atoms with Gasteiger partial charge in [0.15, 0.2) is 28.8 Å². The van der Waals surface area contributed by atoms with E-state index in [0.717, 1.165) is 0 Å². The molecule has 0 N–H and O–H groups in total. The fraction of sp³-hybridized carbons (Fsp3) is 0.154. The highest BCUT2D eigenvalue weighted by Gasteiger charge is 2.15. The summed E-state index contributed by atoms with van der Waals surface area (Å²) in [5.74, 6) is 1.47. The van der Waals surface area contributed by atoms with Crippen LogP contribution in [0.3, 0.4) is 0 Å². The Kier molecular flexibility index (Phi) is 7.70. The summed E-state index contributed by atoms with van der Waals surface area (Å²) in [6, 6.07) is 16.6. The summed E-state index contributed by atoms with van der Waals surface area (Å²) in [5, 5.41) is 0. The highest BCUT2D eigenvalue weighted by molar-refractivity contribution is 6.06. The van der Waals surface area contributed by atoms with Crippen LogP contribution < -0.4 is 23.7 Å². The number of allylic oxidation sites excluding steroid dienone is 1. The van der Waals surface area contributed by atoms with E-state index in [0.29, 0.717) is 39.7 Å². The van der Waals surface area contributed by atoms with Crippen LogP contribution in [0.2, 0.25) is 0 Å². The Morgan fingerprint density at radius 2 is 1.24 bits per heavy atom. The summed E-state index contributed by atoms with van der Waals surface area (Å²) >= 11 is 0. The van der Waals surface area contributed by atoms with Crippen molar-refractivity contribution in [1.29, 1.82) is 0 Å². The molecule has 33 heavy (non-hydrogen) atoms. The second-order valence-corrected chi connectivity index (χ2v) is 6.80. The Hall–Kier alpha value is -4.26. The Balaban J connectivity index is 1.74. The van der Waals surface area contributed by atoms with Gasteiger partial charge in [-0.15, -0.1) is 0 Å². The summed E-state index contributed by atoms with van der Waals surface area (Å²) in [6.07, 6.45) is 3.13. The smallest absolute Gasteiger partial charge is 0.343 e. The zero-order chi connectivity index (χ0) is 23.8. The van der Waals surface area contributed by atoms with Crippen molar-refractivity contribution in [3.05, 3.63) is 83.4 Å². The zero-order valence-electron chi connectivity index (χ0n) is 18.8. The number of benzene rings is 3. The van der Waals surface area contributed by atoms with Crippen LogP contribution in [-0.4, -0.2) is 40.2 Å². The molecule has 7 nitrogen and oxygen atoms in total. The predicted octanol–water partition coefficient (Wildman–Crippen LogP) is 4.84. The first-order valence-electron chi connectivity index (χ1n) is 9.97. The average Bonchev–Trinajstić information content (AvgIpc) is 2.87. The van der Waals surface area contributed by atoms with Crippen molar-refractivity contribution < 1.29 is 33.3 Å². The maximum atomic E-state index is 12.6. The average molecular weight is 448 g/mol. The molecule has 0 aromatic heterocycles. The van der Waals surface area contributed by atoms with Crippen molar-refractivity contribution in [2.24, 2.45) is 0 Å². The van der Waals surface area contributed by atoms with E-state index in [2.05, 4.69) is 0 Å². The molecule has 0 aliphatic carbocycles. The van der Waals surface area contributed by atoms with Crippen molar-refractivity contribution in [2.45, 2.75) is 0 Å². The molecule has 170 valence electrons. The molecule has 0 spiro atoms. The molecule has 0 aliphatic heterocycles. The zero-order valence-corrected chi connectivity index (χ0v) is 18.8. The van der Waals surface area contributed by atoms with Crippen LogP contribution in [-0.2, 0) is 0 Å².